The zero-order valence-electron chi connectivity index (χ0n) is 9.05. The van der Waals surface area contributed by atoms with Gasteiger partial charge in [-0.15, -0.1) is 0 Å². The summed E-state index contributed by atoms with van der Waals surface area (Å²) in [6.07, 6.45) is 2.71. The van der Waals surface area contributed by atoms with Crippen LogP contribution >= 0.6 is 0 Å². The van der Waals surface area contributed by atoms with Crippen LogP contribution in [0.3, 0.4) is 0 Å². The van der Waals surface area contributed by atoms with Crippen LogP contribution in [0.2, 0.25) is 5.32 Å². The first-order chi connectivity index (χ1) is 6.83. The molecule has 78 valence electrons. The second kappa shape index (κ2) is 6.91. The quantitative estimate of drug-likeness (QED) is 0.608. The number of rotatable bonds is 6. The molecule has 0 saturated carbocycles. The van der Waals surface area contributed by atoms with Gasteiger partial charge in [-0.25, -0.2) is 0 Å². The van der Waals surface area contributed by atoms with Gasteiger partial charge in [0.25, 0.3) is 0 Å². The van der Waals surface area contributed by atoms with E-state index < -0.39 is 0 Å². The summed E-state index contributed by atoms with van der Waals surface area (Å²) in [7, 11) is 0. The number of anilines is 1. The Kier molecular flexibility index (Phi) is 5.74. The fraction of sp³-hybridized carbons (Fsp3) is 0.500. The molecule has 0 heterocycles. The fourth-order valence-electron chi connectivity index (χ4n) is 1.12. The standard InChI is InChI=1S/C12H19NSe/c1-3-4-9-14-10-13-12-7-5-11(2)6-8-12/h5-8,13H,3-4,9-10H2,1-2H3. The Morgan fingerprint density at radius 1 is 1.21 bits per heavy atom. The van der Waals surface area contributed by atoms with Gasteiger partial charge in [0.15, 0.2) is 0 Å². The predicted molar refractivity (Wildman–Crippen MR) is 65.1 cm³/mol. The molecule has 0 aliphatic rings. The first-order valence-electron chi connectivity index (χ1n) is 5.21. The molecule has 1 N–H and O–H groups in total. The molecular formula is C12H19NSe. The Balaban J connectivity index is 2.15. The van der Waals surface area contributed by atoms with E-state index in [0.717, 1.165) is 20.4 Å². The zero-order valence-corrected chi connectivity index (χ0v) is 10.8. The average molecular weight is 256 g/mol. The van der Waals surface area contributed by atoms with Crippen LogP contribution in [-0.2, 0) is 0 Å². The Morgan fingerprint density at radius 3 is 2.57 bits per heavy atom. The summed E-state index contributed by atoms with van der Waals surface area (Å²) >= 11 is 0.765. The van der Waals surface area contributed by atoms with E-state index in [-0.39, 0.29) is 0 Å². The van der Waals surface area contributed by atoms with Gasteiger partial charge in [0.1, 0.15) is 0 Å². The third kappa shape index (κ3) is 4.69. The summed E-state index contributed by atoms with van der Waals surface area (Å²) in [5, 5.41) is 4.86. The Labute approximate surface area is 93.5 Å². The van der Waals surface area contributed by atoms with Crippen molar-refractivity contribution in [3.8, 4) is 0 Å². The minimum atomic E-state index is 0.765. The monoisotopic (exact) mass is 257 g/mol. The van der Waals surface area contributed by atoms with Crippen molar-refractivity contribution in [1.82, 2.24) is 0 Å². The summed E-state index contributed by atoms with van der Waals surface area (Å²) in [5.74, 6) is 0. The number of nitrogens with one attached hydrogen (secondary N) is 1. The van der Waals surface area contributed by atoms with E-state index in [9.17, 15) is 0 Å². The van der Waals surface area contributed by atoms with Gasteiger partial charge in [0, 0.05) is 0 Å². The molecule has 0 amide bonds. The molecule has 14 heavy (non-hydrogen) atoms. The first-order valence-corrected chi connectivity index (χ1v) is 7.63. The first kappa shape index (κ1) is 11.6. The van der Waals surface area contributed by atoms with Gasteiger partial charge in [-0.3, -0.25) is 0 Å². The summed E-state index contributed by atoms with van der Waals surface area (Å²) < 4.78 is 0. The molecule has 0 atom stereocenters. The van der Waals surface area contributed by atoms with Gasteiger partial charge in [0.05, 0.1) is 0 Å². The van der Waals surface area contributed by atoms with Crippen molar-refractivity contribution in [3.05, 3.63) is 29.8 Å². The molecule has 2 heteroatoms. The molecule has 0 saturated heterocycles. The molecule has 0 unspecified atom stereocenters. The number of hydrogen-bond donors (Lipinski definition) is 1. The molecule has 1 rings (SSSR count). The normalized spacial score (nSPS) is 10.1. The van der Waals surface area contributed by atoms with E-state index in [0.29, 0.717) is 0 Å². The summed E-state index contributed by atoms with van der Waals surface area (Å²) in [5.41, 5.74) is 3.75. The van der Waals surface area contributed by atoms with Gasteiger partial charge in [-0.2, -0.15) is 0 Å². The molecule has 0 aliphatic carbocycles. The summed E-state index contributed by atoms with van der Waals surface area (Å²) in [6, 6.07) is 8.62. The molecule has 1 aromatic rings. The maximum atomic E-state index is 3.46. The van der Waals surface area contributed by atoms with Gasteiger partial charge in [-0.05, 0) is 0 Å². The summed E-state index contributed by atoms with van der Waals surface area (Å²) in [4.78, 5) is 0. The molecule has 0 spiro atoms. The second-order valence-electron chi connectivity index (χ2n) is 3.45. The Hall–Kier alpha value is -0.461. The van der Waals surface area contributed by atoms with Crippen LogP contribution in [0.5, 0.6) is 0 Å². The molecule has 0 fully saturated rings. The van der Waals surface area contributed by atoms with Crippen LogP contribution < -0.4 is 5.32 Å². The molecule has 1 nitrogen and oxygen atoms in total. The Bertz CT molecular complexity index is 243. The third-order valence-electron chi connectivity index (χ3n) is 2.07. The van der Waals surface area contributed by atoms with Crippen LogP contribution in [0.1, 0.15) is 25.3 Å². The van der Waals surface area contributed by atoms with Crippen molar-refractivity contribution in [2.75, 3.05) is 10.8 Å². The van der Waals surface area contributed by atoms with Crippen molar-refractivity contribution >= 4 is 20.6 Å². The molecular weight excluding hydrogens is 237 g/mol. The van der Waals surface area contributed by atoms with Gasteiger partial charge < -0.3 is 0 Å². The number of benzene rings is 1. The van der Waals surface area contributed by atoms with Gasteiger partial charge in [0.2, 0.25) is 0 Å². The van der Waals surface area contributed by atoms with Crippen LogP contribution in [0.25, 0.3) is 0 Å². The fourth-order valence-corrected chi connectivity index (χ4v) is 3.02. The van der Waals surface area contributed by atoms with Gasteiger partial charge in [-0.1, -0.05) is 0 Å². The van der Waals surface area contributed by atoms with E-state index in [4.69, 9.17) is 0 Å². The van der Waals surface area contributed by atoms with Crippen molar-refractivity contribution in [2.24, 2.45) is 0 Å². The zero-order chi connectivity index (χ0) is 10.2. The van der Waals surface area contributed by atoms with Crippen LogP contribution in [0.4, 0.5) is 5.69 Å². The van der Waals surface area contributed by atoms with Crippen molar-refractivity contribution in [2.45, 2.75) is 32.0 Å². The molecule has 0 aromatic heterocycles. The average Bonchev–Trinajstić information content (AvgIpc) is 2.21. The van der Waals surface area contributed by atoms with Crippen LogP contribution in [-0.4, -0.2) is 20.4 Å². The van der Waals surface area contributed by atoms with E-state index in [2.05, 4.69) is 43.4 Å². The van der Waals surface area contributed by atoms with Crippen molar-refractivity contribution < 1.29 is 0 Å². The van der Waals surface area contributed by atoms with Crippen LogP contribution in [0.15, 0.2) is 24.3 Å². The number of unbranched alkanes of at least 4 members (excludes halogenated alkanes) is 1. The van der Waals surface area contributed by atoms with Gasteiger partial charge >= 0.3 is 93.2 Å². The van der Waals surface area contributed by atoms with E-state index >= 15 is 0 Å². The maximum absolute atomic E-state index is 3.46. The number of hydrogen-bond acceptors (Lipinski definition) is 1. The third-order valence-corrected chi connectivity index (χ3v) is 4.01. The molecule has 0 bridgehead atoms. The second-order valence-corrected chi connectivity index (χ2v) is 5.77. The predicted octanol–water partition coefficient (Wildman–Crippen LogP) is 3.29. The molecule has 1 aromatic carbocycles. The van der Waals surface area contributed by atoms with Crippen LogP contribution in [0, 0.1) is 6.92 Å². The SMILES string of the molecule is CCCC[Se]CNc1ccc(C)cc1. The minimum absolute atomic E-state index is 0.765. The van der Waals surface area contributed by atoms with Crippen molar-refractivity contribution in [1.29, 1.82) is 0 Å². The Morgan fingerprint density at radius 2 is 1.93 bits per heavy atom. The molecule has 0 radical (unpaired) electrons. The number of aryl methyl sites for hydroxylation is 1. The van der Waals surface area contributed by atoms with E-state index in [1.165, 1.54) is 29.4 Å². The van der Waals surface area contributed by atoms with E-state index in [1.807, 2.05) is 0 Å². The van der Waals surface area contributed by atoms with Crippen molar-refractivity contribution in [3.63, 3.8) is 0 Å². The summed E-state index contributed by atoms with van der Waals surface area (Å²) in [6.45, 7) is 4.37. The van der Waals surface area contributed by atoms with E-state index in [1.54, 1.807) is 0 Å². The molecule has 0 aliphatic heterocycles. The topological polar surface area (TPSA) is 12.0 Å².